The predicted molar refractivity (Wildman–Crippen MR) is 107 cm³/mol. The topological polar surface area (TPSA) is 66.7 Å². The maximum atomic E-state index is 13.6. The largest absolute Gasteiger partial charge is 0.397 e. The van der Waals surface area contributed by atoms with Gasteiger partial charge in [0.2, 0.25) is 0 Å². The van der Waals surface area contributed by atoms with E-state index in [0.29, 0.717) is 5.69 Å². The fraction of sp³-hybridized carbons (Fsp3) is 0.450. The number of hydrogen-bond donors (Lipinski definition) is 2. The monoisotopic (exact) mass is 371 g/mol. The predicted octanol–water partition coefficient (Wildman–Crippen LogP) is 2.72. The number of morpholine rings is 1. The maximum absolute atomic E-state index is 13.6. The molecule has 1 aromatic heterocycles. The number of nitrogens with one attached hydrogen (secondary N) is 1. The number of nitrogens with two attached hydrogens (primary N) is 1. The van der Waals surface area contributed by atoms with Gasteiger partial charge in [0, 0.05) is 50.2 Å². The molecule has 6 nitrogen and oxygen atoms in total. The Labute approximate surface area is 159 Å². The zero-order chi connectivity index (χ0) is 18.6. The number of hydrogen-bond acceptors (Lipinski definition) is 6. The molecule has 0 amide bonds. The van der Waals surface area contributed by atoms with E-state index in [1.807, 2.05) is 12.3 Å². The van der Waals surface area contributed by atoms with Gasteiger partial charge in [-0.15, -0.1) is 0 Å². The van der Waals surface area contributed by atoms with Crippen molar-refractivity contribution in [2.24, 2.45) is 0 Å². The van der Waals surface area contributed by atoms with Crippen LogP contribution in [-0.2, 0) is 4.74 Å². The van der Waals surface area contributed by atoms with Crippen molar-refractivity contribution in [1.29, 1.82) is 0 Å². The van der Waals surface area contributed by atoms with Gasteiger partial charge in [0.15, 0.2) is 0 Å². The zero-order valence-electron chi connectivity index (χ0n) is 15.4. The first-order valence-electron chi connectivity index (χ1n) is 9.54. The number of nitrogens with zero attached hydrogens (tertiary/aromatic N) is 3. The summed E-state index contributed by atoms with van der Waals surface area (Å²) in [4.78, 5) is 8.96. The molecular weight excluding hydrogens is 345 g/mol. The minimum absolute atomic E-state index is 0.244. The van der Waals surface area contributed by atoms with Gasteiger partial charge < -0.3 is 25.6 Å². The van der Waals surface area contributed by atoms with Crippen LogP contribution < -0.4 is 20.9 Å². The number of benzene rings is 1. The highest BCUT2D eigenvalue weighted by Gasteiger charge is 2.22. The van der Waals surface area contributed by atoms with Crippen molar-refractivity contribution in [1.82, 2.24) is 4.98 Å². The van der Waals surface area contributed by atoms with Crippen LogP contribution >= 0.6 is 0 Å². The molecule has 2 aliphatic heterocycles. The molecule has 2 aliphatic rings. The van der Waals surface area contributed by atoms with Crippen LogP contribution in [0.15, 0.2) is 36.5 Å². The molecule has 0 spiro atoms. The number of halogens is 1. The highest BCUT2D eigenvalue weighted by atomic mass is 19.1. The molecule has 27 heavy (non-hydrogen) atoms. The third-order valence-corrected chi connectivity index (χ3v) is 5.23. The molecule has 0 bridgehead atoms. The van der Waals surface area contributed by atoms with Crippen LogP contribution in [0.1, 0.15) is 12.8 Å². The van der Waals surface area contributed by atoms with Crippen molar-refractivity contribution in [2.45, 2.75) is 18.9 Å². The van der Waals surface area contributed by atoms with E-state index in [1.165, 1.54) is 12.1 Å². The van der Waals surface area contributed by atoms with E-state index in [1.54, 1.807) is 6.07 Å². The Bertz CT molecular complexity index is 781. The summed E-state index contributed by atoms with van der Waals surface area (Å²) in [5, 5.41) is 3.55. The molecule has 1 aromatic carbocycles. The number of aromatic nitrogens is 1. The summed E-state index contributed by atoms with van der Waals surface area (Å²) in [6, 6.07) is 8.94. The van der Waals surface area contributed by atoms with E-state index in [0.717, 1.165) is 69.4 Å². The molecule has 3 N–H and O–H groups in total. The van der Waals surface area contributed by atoms with Gasteiger partial charge in [0.1, 0.15) is 11.6 Å². The molecule has 4 rings (SSSR count). The van der Waals surface area contributed by atoms with Gasteiger partial charge in [-0.1, -0.05) is 0 Å². The molecule has 1 atom stereocenters. The van der Waals surface area contributed by atoms with E-state index in [9.17, 15) is 4.39 Å². The second-order valence-electron chi connectivity index (χ2n) is 7.13. The first-order chi connectivity index (χ1) is 13.2. The Morgan fingerprint density at radius 1 is 1.11 bits per heavy atom. The van der Waals surface area contributed by atoms with Crippen molar-refractivity contribution in [3.63, 3.8) is 0 Å². The van der Waals surface area contributed by atoms with Gasteiger partial charge in [-0.05, 0) is 37.1 Å². The van der Waals surface area contributed by atoms with Crippen molar-refractivity contribution in [2.75, 3.05) is 60.2 Å². The molecular formula is C20H26FN5O. The summed E-state index contributed by atoms with van der Waals surface area (Å²) < 4.78 is 19.1. The van der Waals surface area contributed by atoms with Crippen LogP contribution in [0.25, 0.3) is 0 Å². The van der Waals surface area contributed by atoms with E-state index >= 15 is 0 Å². The van der Waals surface area contributed by atoms with Gasteiger partial charge in [-0.2, -0.15) is 0 Å². The normalized spacial score (nSPS) is 20.6. The standard InChI is InChI=1S/C20H26FN5O/c21-15-3-4-18(22)19(12-15)26-7-1-2-16(14-26)24-20-13-17(5-6-23-20)25-8-10-27-11-9-25/h3-6,12-13,16H,1-2,7-11,14,22H2,(H,23,24)/t16-/m1/s1. The lowest BCUT2D eigenvalue weighted by atomic mass is 10.0. The summed E-state index contributed by atoms with van der Waals surface area (Å²) in [6.45, 7) is 4.98. The Morgan fingerprint density at radius 3 is 2.81 bits per heavy atom. The Hall–Kier alpha value is -2.54. The Kier molecular flexibility index (Phi) is 5.29. The molecule has 2 aromatic rings. The summed E-state index contributed by atoms with van der Waals surface area (Å²) >= 11 is 0. The summed E-state index contributed by atoms with van der Waals surface area (Å²) in [5.41, 5.74) is 8.62. The quantitative estimate of drug-likeness (QED) is 0.806. The van der Waals surface area contributed by atoms with Crippen LogP contribution in [-0.4, -0.2) is 50.4 Å². The molecule has 0 aliphatic carbocycles. The van der Waals surface area contributed by atoms with Crippen LogP contribution in [0.5, 0.6) is 0 Å². The lowest BCUT2D eigenvalue weighted by Crippen LogP contribution is -2.42. The maximum Gasteiger partial charge on any atom is 0.128 e. The number of piperidine rings is 1. The van der Waals surface area contributed by atoms with Crippen molar-refractivity contribution in [3.8, 4) is 0 Å². The minimum Gasteiger partial charge on any atom is -0.397 e. The van der Waals surface area contributed by atoms with Crippen LogP contribution in [0, 0.1) is 5.82 Å². The van der Waals surface area contributed by atoms with Gasteiger partial charge in [-0.3, -0.25) is 0 Å². The van der Waals surface area contributed by atoms with Crippen molar-refractivity contribution < 1.29 is 9.13 Å². The zero-order valence-corrected chi connectivity index (χ0v) is 15.4. The van der Waals surface area contributed by atoms with Crippen LogP contribution in [0.3, 0.4) is 0 Å². The van der Waals surface area contributed by atoms with Gasteiger partial charge >= 0.3 is 0 Å². The molecule has 0 unspecified atom stereocenters. The molecule has 2 saturated heterocycles. The second kappa shape index (κ2) is 8.00. The summed E-state index contributed by atoms with van der Waals surface area (Å²) in [7, 11) is 0. The lowest BCUT2D eigenvalue weighted by Gasteiger charge is -2.36. The number of rotatable bonds is 4. The van der Waals surface area contributed by atoms with Gasteiger partial charge in [-0.25, -0.2) is 9.37 Å². The highest BCUT2D eigenvalue weighted by Crippen LogP contribution is 2.28. The first kappa shape index (κ1) is 17.9. The van der Waals surface area contributed by atoms with E-state index in [4.69, 9.17) is 10.5 Å². The molecule has 0 saturated carbocycles. The molecule has 0 radical (unpaired) electrons. The lowest BCUT2D eigenvalue weighted by molar-refractivity contribution is 0.122. The third kappa shape index (κ3) is 4.24. The number of anilines is 4. The number of nitrogen functional groups attached to an aromatic ring is 1. The van der Waals surface area contributed by atoms with Gasteiger partial charge in [0.05, 0.1) is 24.6 Å². The minimum atomic E-state index is -0.255. The third-order valence-electron chi connectivity index (χ3n) is 5.23. The Balaban J connectivity index is 1.44. The smallest absolute Gasteiger partial charge is 0.128 e. The molecule has 144 valence electrons. The first-order valence-corrected chi connectivity index (χ1v) is 9.54. The molecule has 2 fully saturated rings. The average molecular weight is 371 g/mol. The van der Waals surface area contributed by atoms with Crippen molar-refractivity contribution >= 4 is 22.9 Å². The van der Waals surface area contributed by atoms with Crippen LogP contribution in [0.4, 0.5) is 27.3 Å². The number of pyridine rings is 1. The SMILES string of the molecule is Nc1ccc(F)cc1N1CCC[C@@H](Nc2cc(N3CCOCC3)ccn2)C1. The fourth-order valence-electron chi connectivity index (χ4n) is 3.83. The van der Waals surface area contributed by atoms with E-state index < -0.39 is 0 Å². The van der Waals surface area contributed by atoms with Crippen LogP contribution in [0.2, 0.25) is 0 Å². The second-order valence-corrected chi connectivity index (χ2v) is 7.13. The van der Waals surface area contributed by atoms with E-state index in [-0.39, 0.29) is 11.9 Å². The average Bonchev–Trinajstić information content (AvgIpc) is 2.71. The molecule has 7 heteroatoms. The fourth-order valence-corrected chi connectivity index (χ4v) is 3.83. The molecule has 3 heterocycles. The van der Waals surface area contributed by atoms with Gasteiger partial charge in [0.25, 0.3) is 0 Å². The Morgan fingerprint density at radius 2 is 1.96 bits per heavy atom. The van der Waals surface area contributed by atoms with E-state index in [2.05, 4.69) is 26.2 Å². The van der Waals surface area contributed by atoms with Crippen molar-refractivity contribution in [3.05, 3.63) is 42.3 Å². The summed E-state index contributed by atoms with van der Waals surface area (Å²) in [5.74, 6) is 0.618. The highest BCUT2D eigenvalue weighted by molar-refractivity contribution is 5.68. The summed E-state index contributed by atoms with van der Waals surface area (Å²) in [6.07, 6.45) is 3.92. The number of ether oxygens (including phenoxy) is 1.